The lowest BCUT2D eigenvalue weighted by atomic mass is 10.1. The van der Waals surface area contributed by atoms with Gasteiger partial charge in [-0.25, -0.2) is 53.6 Å². The van der Waals surface area contributed by atoms with Crippen molar-refractivity contribution in [3.63, 3.8) is 0 Å². The van der Waals surface area contributed by atoms with Crippen LogP contribution in [-0.2, 0) is 113 Å². The summed E-state index contributed by atoms with van der Waals surface area (Å²) in [6, 6.07) is 42.7. The number of aromatic amines is 1. The Morgan fingerprint density at radius 3 is 1.03 bits per heavy atom. The molecule has 3 aliphatic rings. The van der Waals surface area contributed by atoms with E-state index >= 15 is 0 Å². The van der Waals surface area contributed by atoms with E-state index < -0.39 is 47.2 Å². The zero-order valence-corrected chi connectivity index (χ0v) is 82.1. The van der Waals surface area contributed by atoms with Crippen molar-refractivity contribution in [1.82, 2.24) is 108 Å². The molecule has 3 atom stereocenters. The Morgan fingerprint density at radius 1 is 0.393 bits per heavy atom. The Bertz CT molecular complexity index is 6750. The van der Waals surface area contributed by atoms with Crippen LogP contribution in [0.1, 0.15) is 101 Å². The topological polar surface area (TPSA) is 475 Å². The first-order valence-electron chi connectivity index (χ1n) is 47.1. The molecule has 0 unspecified atom stereocenters. The monoisotopic (exact) mass is 1960 g/mol. The van der Waals surface area contributed by atoms with Gasteiger partial charge in [0.2, 0.25) is 53.5 Å². The number of aryl methyl sites for hydroxylation is 3. The Hall–Kier alpha value is -17.4. The Labute approximate surface area is 838 Å². The Kier molecular flexibility index (Phi) is 36.1. The van der Waals surface area contributed by atoms with Gasteiger partial charge in [0, 0.05) is 179 Å². The molecular formula is C101H116N34O10. The number of carbonyl (C=O) groups is 5. The lowest BCUT2D eigenvalue weighted by molar-refractivity contribution is -0.142. The minimum Gasteiger partial charge on any atom is -0.467 e. The van der Waals surface area contributed by atoms with Crippen LogP contribution < -0.4 is 53.4 Å². The summed E-state index contributed by atoms with van der Waals surface area (Å²) in [5.41, 5.74) is 8.62. The first-order valence-corrected chi connectivity index (χ1v) is 47.1. The van der Waals surface area contributed by atoms with Gasteiger partial charge in [0.25, 0.3) is 11.5 Å². The number of nitrogens with one attached hydrogen (secondary N) is 10. The molecule has 10 N–H and O–H groups in total. The summed E-state index contributed by atoms with van der Waals surface area (Å²) in [6.45, 7) is 37.6. The minimum absolute atomic E-state index is 0.102. The van der Waals surface area contributed by atoms with Crippen molar-refractivity contribution in [3.05, 3.63) is 296 Å². The van der Waals surface area contributed by atoms with Crippen LogP contribution in [0.4, 0.5) is 92.5 Å². The summed E-state index contributed by atoms with van der Waals surface area (Å²) in [7, 11) is 9.69. The number of methoxy groups -OCH3 is 3. The lowest BCUT2D eigenvalue weighted by Crippen LogP contribution is -2.49. The molecule has 0 bridgehead atoms. The van der Waals surface area contributed by atoms with E-state index in [9.17, 15) is 28.8 Å². The second-order valence-electron chi connectivity index (χ2n) is 35.3. The average Bonchev–Trinajstić information content (AvgIpc) is 0.892. The van der Waals surface area contributed by atoms with E-state index in [-0.39, 0.29) is 72.2 Å². The highest BCUT2D eigenvalue weighted by atomic mass is 16.6. The lowest BCUT2D eigenvalue weighted by Gasteiger charge is -2.35. The number of piperidine rings is 1. The van der Waals surface area contributed by atoms with E-state index in [1.54, 1.807) is 89.1 Å². The highest BCUT2D eigenvalue weighted by Crippen LogP contribution is 2.29. The first kappa shape index (κ1) is 103. The SMILES string of the molecule is [C-]#[N+]c1ccc(C[C@H](Nc2nc(NCc3nccn3C)nc(Nc3cccc(CN4CCCCC4)c3)n2)C(=O)OC)cc1.[C-]#[N+]c1ccc(C[C@H](Nc2nc(NCc3nccn3C)nc(Nc3cccc(CN4CCN(C(=O)OC(C)(C)C)CC4)c3)n2)C(=O)OC)cc1.[C-]#[N+]c1ccc(C[C@H](Nc2nc(NCc3nccn3C)nc(Nc3cccc(CN4CCN(C(=O)c5ncc[nH]c5=O)CC4)c3)n2)C(=O)OC)cc1. The van der Waals surface area contributed by atoms with Crippen LogP contribution >= 0.6 is 0 Å². The third-order valence-corrected chi connectivity index (χ3v) is 23.6. The smallest absolute Gasteiger partial charge is 0.410 e. The van der Waals surface area contributed by atoms with E-state index in [1.807, 2.05) is 141 Å². The highest BCUT2D eigenvalue weighted by Gasteiger charge is 2.31. The number of ether oxygens (including phenoxy) is 4. The molecule has 7 aromatic heterocycles. The average molecular weight is 1970 g/mol. The van der Waals surface area contributed by atoms with Gasteiger partial charge in [-0.3, -0.25) is 24.3 Å². The molecule has 44 nitrogen and oxygen atoms in total. The van der Waals surface area contributed by atoms with Crippen LogP contribution in [-0.4, -0.2) is 248 Å². The molecule has 3 fully saturated rings. The van der Waals surface area contributed by atoms with Crippen LogP contribution in [0.15, 0.2) is 200 Å². The number of anilines is 12. The van der Waals surface area contributed by atoms with Crippen LogP contribution in [0.2, 0.25) is 0 Å². The Balaban J connectivity index is 0.000000173. The second-order valence-corrected chi connectivity index (χ2v) is 35.3. The maximum absolute atomic E-state index is 12.9. The molecule has 3 saturated heterocycles. The van der Waals surface area contributed by atoms with Crippen LogP contribution in [0.5, 0.6) is 0 Å². The number of rotatable bonds is 37. The van der Waals surface area contributed by atoms with Crippen molar-refractivity contribution in [2.24, 2.45) is 21.1 Å². The molecule has 0 aliphatic carbocycles. The number of likely N-dealkylation sites (tertiary alicyclic amines) is 1. The number of nitrogens with zero attached hydrogens (tertiary/aromatic N) is 24. The van der Waals surface area contributed by atoms with E-state index in [2.05, 4.69) is 165 Å². The zero-order chi connectivity index (χ0) is 102. The summed E-state index contributed by atoms with van der Waals surface area (Å²) in [5, 5.41) is 28.9. The molecule has 0 spiro atoms. The molecule has 145 heavy (non-hydrogen) atoms. The Morgan fingerprint density at radius 2 is 0.717 bits per heavy atom. The van der Waals surface area contributed by atoms with Gasteiger partial charge in [-0.15, -0.1) is 0 Å². The predicted molar refractivity (Wildman–Crippen MR) is 546 cm³/mol. The summed E-state index contributed by atoms with van der Waals surface area (Å²) < 4.78 is 26.5. The van der Waals surface area contributed by atoms with Crippen molar-refractivity contribution >= 4 is 118 Å². The molecule has 2 amide bonds. The number of imidazole rings is 3. The number of aromatic nitrogens is 17. The molecule has 13 aromatic rings. The summed E-state index contributed by atoms with van der Waals surface area (Å²) >= 11 is 0. The molecule has 750 valence electrons. The molecule has 16 rings (SSSR count). The summed E-state index contributed by atoms with van der Waals surface area (Å²) in [5.74, 6) is 2.70. The van der Waals surface area contributed by atoms with Crippen molar-refractivity contribution < 1.29 is 42.9 Å². The standard InChI is InChI=1S/C35H37N13O4.C35H43N11O4.C31H36N10O2/c1-36-25-9-7-23(8-10-25)20-27(32(51)52-3)42-35-44-33(40-21-28-37-13-14-46(28)2)43-34(45-35)41-26-6-4-5-24(19-26)22-47-15-17-48(18-16-47)31(50)29-30(49)39-12-11-38-29;1-35(2,3)50-34(48)46-18-16-45(17-19-46)23-25-8-7-9-27(20-25)39-32-41-31(38-22-29-37-14-15-44(29)5)42-33(43-32)40-28(30(47)49-6)21-24-10-12-26(36-4)13-11-24;1-32-24-12-10-22(11-13-24)19-26(28(42)43-3)36-31-38-29(34-20-27-33-14-17-40(27)2)37-30(39-31)35-25-9-7-8-23(18-25)21-41-15-5-4-6-16-41/h4-14,19,27H,15-18,20-22H2,2-3H3,(H,39,49)(H3,40,41,42,43,44,45);7-15,20,28H,16-19,21-23H2,1-3,5-6H3,(H3,38,39,40,41,42,43);7-14,17-18,26H,4-6,15-16,19-21H2,2-3H3,(H3,34,35,36,37,38,39)/t27-;28-;26-/m000/s1. The minimum atomic E-state index is -0.829. The van der Waals surface area contributed by atoms with Gasteiger partial charge in [-0.05, 0) is 116 Å². The van der Waals surface area contributed by atoms with Crippen molar-refractivity contribution in [2.45, 2.75) is 122 Å². The predicted octanol–water partition coefficient (Wildman–Crippen LogP) is 12.2. The van der Waals surface area contributed by atoms with Crippen molar-refractivity contribution in [1.29, 1.82) is 0 Å². The first-order chi connectivity index (χ1) is 70.2. The van der Waals surface area contributed by atoms with Gasteiger partial charge in [0.1, 0.15) is 41.2 Å². The number of hydrogen-bond acceptors (Lipinski definition) is 35. The fourth-order valence-electron chi connectivity index (χ4n) is 15.9. The number of amides is 2. The van der Waals surface area contributed by atoms with Gasteiger partial charge in [-0.1, -0.05) is 116 Å². The molecular weight excluding hydrogens is 1850 g/mol. The van der Waals surface area contributed by atoms with Crippen molar-refractivity contribution in [2.75, 3.05) is 135 Å². The molecule has 6 aromatic carbocycles. The fraction of sp³-hybridized carbons (Fsp3) is 0.347. The van der Waals surface area contributed by atoms with Gasteiger partial charge in [0.05, 0.1) is 60.7 Å². The quantitative estimate of drug-likeness (QED) is 0.00982. The molecule has 44 heteroatoms. The van der Waals surface area contributed by atoms with Gasteiger partial charge in [0.15, 0.2) is 22.8 Å². The summed E-state index contributed by atoms with van der Waals surface area (Å²) in [6.07, 6.45) is 17.9. The van der Waals surface area contributed by atoms with E-state index in [0.29, 0.717) is 107 Å². The normalized spacial score (nSPS) is 13.8. The number of benzene rings is 6. The van der Waals surface area contributed by atoms with Crippen molar-refractivity contribution in [3.8, 4) is 0 Å². The van der Waals surface area contributed by atoms with Crippen LogP contribution in [0.25, 0.3) is 14.5 Å². The van der Waals surface area contributed by atoms with Crippen LogP contribution in [0, 0.1) is 19.7 Å². The fourth-order valence-corrected chi connectivity index (χ4v) is 15.9. The molecule has 0 saturated carbocycles. The second kappa shape index (κ2) is 50.6. The highest BCUT2D eigenvalue weighted by molar-refractivity contribution is 5.92. The third kappa shape index (κ3) is 31.0. The maximum atomic E-state index is 12.9. The van der Waals surface area contributed by atoms with Gasteiger partial charge in [-0.2, -0.15) is 44.9 Å². The largest absolute Gasteiger partial charge is 0.467 e. The summed E-state index contributed by atoms with van der Waals surface area (Å²) in [4.78, 5) is 157. The number of esters is 3. The zero-order valence-electron chi connectivity index (χ0n) is 82.1. The number of hydrogen-bond donors (Lipinski definition) is 10. The molecule has 3 aliphatic heterocycles. The van der Waals surface area contributed by atoms with E-state index in [4.69, 9.17) is 38.7 Å². The van der Waals surface area contributed by atoms with E-state index in [1.165, 1.54) is 58.5 Å². The molecule has 0 radical (unpaired) electrons. The van der Waals surface area contributed by atoms with E-state index in [0.717, 1.165) is 95.1 Å². The number of piperazine rings is 2. The third-order valence-electron chi connectivity index (χ3n) is 23.6. The maximum Gasteiger partial charge on any atom is 0.410 e. The number of H-pyrrole nitrogens is 1. The van der Waals surface area contributed by atoms with Crippen LogP contribution in [0.3, 0.4) is 0 Å². The van der Waals surface area contributed by atoms with Gasteiger partial charge >= 0.3 is 24.0 Å². The van der Waals surface area contributed by atoms with Gasteiger partial charge < -0.3 is 95.3 Å². The molecule has 10 heterocycles. The number of carbonyl (C=O) groups excluding carboxylic acids is 5.